The van der Waals surface area contributed by atoms with E-state index < -0.39 is 24.0 Å². The second-order valence-corrected chi connectivity index (χ2v) is 5.38. The van der Waals surface area contributed by atoms with Crippen molar-refractivity contribution in [2.24, 2.45) is 12.8 Å². The summed E-state index contributed by atoms with van der Waals surface area (Å²) in [6.45, 7) is 3.56. The molecule has 7 heteroatoms. The van der Waals surface area contributed by atoms with E-state index in [4.69, 9.17) is 5.73 Å². The Bertz CT molecular complexity index is 740. The molecule has 7 nitrogen and oxygen atoms in total. The SMILES string of the molecule is C=CC[C@H](NC(=O)c1cn(C)nc1-c1ccccc1)C(O)C(N)=O. The largest absolute Gasteiger partial charge is 0.381 e. The van der Waals surface area contributed by atoms with Crippen LogP contribution in [0.5, 0.6) is 0 Å². The molecule has 0 aliphatic carbocycles. The minimum absolute atomic E-state index is 0.205. The molecule has 1 aromatic heterocycles. The molecule has 1 heterocycles. The van der Waals surface area contributed by atoms with Crippen LogP contribution < -0.4 is 11.1 Å². The summed E-state index contributed by atoms with van der Waals surface area (Å²) in [4.78, 5) is 23.8. The van der Waals surface area contributed by atoms with E-state index in [0.29, 0.717) is 11.3 Å². The lowest BCUT2D eigenvalue weighted by Gasteiger charge is -2.20. The zero-order chi connectivity index (χ0) is 17.7. The highest BCUT2D eigenvalue weighted by Gasteiger charge is 2.27. The first-order valence-corrected chi connectivity index (χ1v) is 7.42. The van der Waals surface area contributed by atoms with Gasteiger partial charge in [-0.2, -0.15) is 5.10 Å². The van der Waals surface area contributed by atoms with Crippen LogP contribution in [0.4, 0.5) is 0 Å². The van der Waals surface area contributed by atoms with Crippen molar-refractivity contribution < 1.29 is 14.7 Å². The first-order chi connectivity index (χ1) is 11.4. The van der Waals surface area contributed by atoms with E-state index in [1.165, 1.54) is 10.8 Å². The maximum absolute atomic E-state index is 12.6. The predicted octanol–water partition coefficient (Wildman–Crippen LogP) is 0.608. The maximum atomic E-state index is 12.6. The molecule has 2 rings (SSSR count). The number of nitrogens with two attached hydrogens (primary N) is 1. The first kappa shape index (κ1) is 17.4. The Morgan fingerprint density at radius 2 is 2.08 bits per heavy atom. The summed E-state index contributed by atoms with van der Waals surface area (Å²) in [6.07, 6.45) is 1.79. The number of rotatable bonds is 7. The van der Waals surface area contributed by atoms with Gasteiger partial charge in [-0.05, 0) is 6.42 Å². The number of nitrogens with zero attached hydrogens (tertiary/aromatic N) is 2. The number of hydrogen-bond donors (Lipinski definition) is 3. The lowest BCUT2D eigenvalue weighted by Crippen LogP contribution is -2.49. The second-order valence-electron chi connectivity index (χ2n) is 5.38. The number of carbonyl (C=O) groups excluding carboxylic acids is 2. The summed E-state index contributed by atoms with van der Waals surface area (Å²) >= 11 is 0. The summed E-state index contributed by atoms with van der Waals surface area (Å²) in [5, 5.41) is 16.8. The monoisotopic (exact) mass is 328 g/mol. The van der Waals surface area contributed by atoms with Crippen molar-refractivity contribution in [1.29, 1.82) is 0 Å². The van der Waals surface area contributed by atoms with E-state index in [1.54, 1.807) is 13.2 Å². The Labute approximate surface area is 139 Å². The molecule has 2 aromatic rings. The van der Waals surface area contributed by atoms with Crippen LogP contribution in [0, 0.1) is 0 Å². The number of aromatic nitrogens is 2. The fourth-order valence-corrected chi connectivity index (χ4v) is 2.35. The van der Waals surface area contributed by atoms with Crippen LogP contribution in [0.3, 0.4) is 0 Å². The van der Waals surface area contributed by atoms with Gasteiger partial charge < -0.3 is 16.2 Å². The third-order valence-electron chi connectivity index (χ3n) is 3.53. The standard InChI is InChI=1S/C17H20N4O3/c1-3-7-13(15(22)16(18)23)19-17(24)12-10-21(2)20-14(12)11-8-5-4-6-9-11/h3-6,8-10,13,15,22H,1,7H2,2H3,(H2,18,23)(H,19,24)/t13-,15?/m0/s1. The van der Waals surface area contributed by atoms with Crippen molar-refractivity contribution in [1.82, 2.24) is 15.1 Å². The molecule has 0 spiro atoms. The molecule has 126 valence electrons. The van der Waals surface area contributed by atoms with E-state index in [0.717, 1.165) is 5.56 Å². The smallest absolute Gasteiger partial charge is 0.255 e. The van der Waals surface area contributed by atoms with Gasteiger partial charge in [0, 0.05) is 18.8 Å². The number of aliphatic hydroxyl groups excluding tert-OH is 1. The van der Waals surface area contributed by atoms with Crippen molar-refractivity contribution in [3.05, 3.63) is 54.7 Å². The number of amides is 2. The van der Waals surface area contributed by atoms with E-state index in [2.05, 4.69) is 17.0 Å². The van der Waals surface area contributed by atoms with E-state index in [-0.39, 0.29) is 6.42 Å². The molecular weight excluding hydrogens is 308 g/mol. The zero-order valence-corrected chi connectivity index (χ0v) is 13.3. The van der Waals surface area contributed by atoms with Crippen LogP contribution in [0.25, 0.3) is 11.3 Å². The van der Waals surface area contributed by atoms with Gasteiger partial charge in [0.1, 0.15) is 5.69 Å². The molecule has 1 unspecified atom stereocenters. The Kier molecular flexibility index (Phi) is 5.49. The third kappa shape index (κ3) is 3.88. The molecule has 4 N–H and O–H groups in total. The molecule has 0 bridgehead atoms. The van der Waals surface area contributed by atoms with Crippen molar-refractivity contribution in [3.8, 4) is 11.3 Å². The Morgan fingerprint density at radius 1 is 1.42 bits per heavy atom. The van der Waals surface area contributed by atoms with Crippen LogP contribution in [-0.2, 0) is 11.8 Å². The summed E-state index contributed by atoms with van der Waals surface area (Å²) < 4.78 is 1.53. The van der Waals surface area contributed by atoms with Gasteiger partial charge in [0.25, 0.3) is 5.91 Å². The Morgan fingerprint density at radius 3 is 2.67 bits per heavy atom. The lowest BCUT2D eigenvalue weighted by molar-refractivity contribution is -0.127. The van der Waals surface area contributed by atoms with Crippen LogP contribution >= 0.6 is 0 Å². The summed E-state index contributed by atoms with van der Waals surface area (Å²) in [5.41, 5.74) is 6.76. The number of nitrogens with one attached hydrogen (secondary N) is 1. The molecule has 0 aliphatic rings. The summed E-state index contributed by atoms with van der Waals surface area (Å²) in [6, 6.07) is 8.41. The number of aryl methyl sites for hydroxylation is 1. The van der Waals surface area contributed by atoms with Crippen LogP contribution in [0.1, 0.15) is 16.8 Å². The van der Waals surface area contributed by atoms with Crippen molar-refractivity contribution in [2.75, 3.05) is 0 Å². The first-order valence-electron chi connectivity index (χ1n) is 7.42. The summed E-state index contributed by atoms with van der Waals surface area (Å²) in [7, 11) is 1.71. The van der Waals surface area contributed by atoms with E-state index >= 15 is 0 Å². The average Bonchev–Trinajstić information content (AvgIpc) is 2.96. The zero-order valence-electron chi connectivity index (χ0n) is 13.3. The van der Waals surface area contributed by atoms with Crippen LogP contribution in [0.15, 0.2) is 49.2 Å². The highest BCUT2D eigenvalue weighted by molar-refractivity contribution is 6.00. The molecule has 2 atom stereocenters. The van der Waals surface area contributed by atoms with Gasteiger partial charge in [-0.3, -0.25) is 14.3 Å². The molecular formula is C17H20N4O3. The summed E-state index contributed by atoms with van der Waals surface area (Å²) in [5.74, 6) is -1.36. The number of benzene rings is 1. The van der Waals surface area contributed by atoms with Crippen LogP contribution in [-0.4, -0.2) is 38.8 Å². The second kappa shape index (κ2) is 7.56. The Balaban J connectivity index is 2.29. The molecule has 1 aromatic carbocycles. The van der Waals surface area contributed by atoms with Crippen molar-refractivity contribution in [2.45, 2.75) is 18.6 Å². The topological polar surface area (TPSA) is 110 Å². The normalized spacial score (nSPS) is 13.1. The minimum Gasteiger partial charge on any atom is -0.381 e. The lowest BCUT2D eigenvalue weighted by atomic mass is 10.0. The van der Waals surface area contributed by atoms with E-state index in [9.17, 15) is 14.7 Å². The van der Waals surface area contributed by atoms with Gasteiger partial charge >= 0.3 is 0 Å². The van der Waals surface area contributed by atoms with Gasteiger partial charge in [-0.15, -0.1) is 6.58 Å². The fourth-order valence-electron chi connectivity index (χ4n) is 2.35. The van der Waals surface area contributed by atoms with E-state index in [1.807, 2.05) is 30.3 Å². The number of hydrogen-bond acceptors (Lipinski definition) is 4. The van der Waals surface area contributed by atoms with Crippen molar-refractivity contribution >= 4 is 11.8 Å². The van der Waals surface area contributed by atoms with Gasteiger partial charge in [0.15, 0.2) is 6.10 Å². The minimum atomic E-state index is -1.50. The predicted molar refractivity (Wildman–Crippen MR) is 89.9 cm³/mol. The quantitative estimate of drug-likeness (QED) is 0.647. The van der Waals surface area contributed by atoms with Crippen molar-refractivity contribution in [3.63, 3.8) is 0 Å². The fraction of sp³-hybridized carbons (Fsp3) is 0.235. The van der Waals surface area contributed by atoms with Gasteiger partial charge in [-0.1, -0.05) is 36.4 Å². The highest BCUT2D eigenvalue weighted by atomic mass is 16.3. The van der Waals surface area contributed by atoms with Crippen LogP contribution in [0.2, 0.25) is 0 Å². The van der Waals surface area contributed by atoms with Gasteiger partial charge in [0.2, 0.25) is 5.91 Å². The molecule has 24 heavy (non-hydrogen) atoms. The number of aliphatic hydroxyl groups is 1. The molecule has 0 fully saturated rings. The molecule has 0 saturated carbocycles. The molecule has 0 radical (unpaired) electrons. The third-order valence-corrected chi connectivity index (χ3v) is 3.53. The molecule has 0 saturated heterocycles. The maximum Gasteiger partial charge on any atom is 0.255 e. The number of carbonyl (C=O) groups is 2. The average molecular weight is 328 g/mol. The molecule has 2 amide bonds. The highest BCUT2D eigenvalue weighted by Crippen LogP contribution is 2.21. The Hall–Kier alpha value is -2.93. The van der Waals surface area contributed by atoms with Gasteiger partial charge in [0.05, 0.1) is 11.6 Å². The molecule has 0 aliphatic heterocycles. The number of primary amides is 1. The van der Waals surface area contributed by atoms with Gasteiger partial charge in [-0.25, -0.2) is 0 Å².